The van der Waals surface area contributed by atoms with Gasteiger partial charge < -0.3 is 14.4 Å². The second-order valence-electron chi connectivity index (χ2n) is 5.20. The van der Waals surface area contributed by atoms with E-state index in [0.717, 1.165) is 31.5 Å². The number of piperidine rings is 1. The average Bonchev–Trinajstić information content (AvgIpc) is 2.81. The number of nitrogens with one attached hydrogen (secondary N) is 1. The second-order valence-corrected chi connectivity index (χ2v) is 5.55. The minimum atomic E-state index is -0.214. The SMILES string of the molecule is O[C@H]1CCC[NH+](Cn2nc(-c3ccccc3)oc2=S)C1. The zero-order valence-corrected chi connectivity index (χ0v) is 12.0. The zero-order valence-electron chi connectivity index (χ0n) is 11.2. The zero-order chi connectivity index (χ0) is 13.9. The molecule has 1 saturated heterocycles. The van der Waals surface area contributed by atoms with E-state index in [-0.39, 0.29) is 6.10 Å². The van der Waals surface area contributed by atoms with Gasteiger partial charge in [-0.1, -0.05) is 18.2 Å². The molecule has 2 atom stereocenters. The number of likely N-dealkylation sites (tertiary alicyclic amines) is 1. The Bertz CT molecular complexity index is 623. The molecule has 1 aromatic carbocycles. The van der Waals surface area contributed by atoms with Gasteiger partial charge in [0.2, 0.25) is 5.89 Å². The molecular formula is C14H18N3O2S+. The van der Waals surface area contributed by atoms with Gasteiger partial charge in [0.1, 0.15) is 12.6 Å². The number of benzene rings is 1. The molecule has 0 aliphatic carbocycles. The van der Waals surface area contributed by atoms with Gasteiger partial charge in [0, 0.05) is 5.56 Å². The number of aliphatic hydroxyl groups excluding tert-OH is 1. The number of rotatable bonds is 3. The fourth-order valence-electron chi connectivity index (χ4n) is 2.58. The third-order valence-electron chi connectivity index (χ3n) is 3.59. The van der Waals surface area contributed by atoms with E-state index in [9.17, 15) is 5.11 Å². The highest BCUT2D eigenvalue weighted by Crippen LogP contribution is 2.16. The summed E-state index contributed by atoms with van der Waals surface area (Å²) in [7, 11) is 0. The molecular weight excluding hydrogens is 274 g/mol. The van der Waals surface area contributed by atoms with Crippen molar-refractivity contribution in [3.63, 3.8) is 0 Å². The van der Waals surface area contributed by atoms with Crippen molar-refractivity contribution in [1.29, 1.82) is 0 Å². The predicted molar refractivity (Wildman–Crippen MR) is 76.7 cm³/mol. The third kappa shape index (κ3) is 2.98. The minimum Gasteiger partial charge on any atom is -0.409 e. The summed E-state index contributed by atoms with van der Waals surface area (Å²) in [6.07, 6.45) is 1.71. The molecule has 0 spiro atoms. The van der Waals surface area contributed by atoms with E-state index in [0.29, 0.717) is 17.4 Å². The Labute approximate surface area is 122 Å². The van der Waals surface area contributed by atoms with Crippen molar-refractivity contribution >= 4 is 12.2 Å². The minimum absolute atomic E-state index is 0.214. The van der Waals surface area contributed by atoms with Crippen LogP contribution in [-0.2, 0) is 6.67 Å². The maximum absolute atomic E-state index is 9.71. The first-order valence-electron chi connectivity index (χ1n) is 6.87. The molecule has 1 fully saturated rings. The smallest absolute Gasteiger partial charge is 0.292 e. The number of nitrogens with zero attached hydrogens (tertiary/aromatic N) is 2. The summed E-state index contributed by atoms with van der Waals surface area (Å²) in [4.78, 5) is 1.67. The van der Waals surface area contributed by atoms with Gasteiger partial charge in [-0.15, -0.1) is 5.10 Å². The number of aliphatic hydroxyl groups is 1. The van der Waals surface area contributed by atoms with Crippen LogP contribution in [0.3, 0.4) is 0 Å². The van der Waals surface area contributed by atoms with E-state index in [1.807, 2.05) is 30.3 Å². The van der Waals surface area contributed by atoms with Crippen LogP contribution in [0.2, 0.25) is 0 Å². The number of hydrogen-bond donors (Lipinski definition) is 2. The van der Waals surface area contributed by atoms with Crippen LogP contribution in [0.4, 0.5) is 0 Å². The van der Waals surface area contributed by atoms with Crippen LogP contribution in [0.1, 0.15) is 12.8 Å². The predicted octanol–water partition coefficient (Wildman–Crippen LogP) is 0.870. The van der Waals surface area contributed by atoms with Crippen molar-refractivity contribution in [2.24, 2.45) is 0 Å². The molecule has 2 aromatic rings. The molecule has 0 saturated carbocycles. The van der Waals surface area contributed by atoms with E-state index in [1.54, 1.807) is 4.68 Å². The van der Waals surface area contributed by atoms with Crippen molar-refractivity contribution in [3.8, 4) is 11.5 Å². The number of quaternary nitrogens is 1. The average molecular weight is 292 g/mol. The fourth-order valence-corrected chi connectivity index (χ4v) is 2.77. The third-order valence-corrected chi connectivity index (χ3v) is 3.89. The van der Waals surface area contributed by atoms with E-state index >= 15 is 0 Å². The van der Waals surface area contributed by atoms with E-state index in [1.165, 1.54) is 4.90 Å². The normalized spacial score (nSPS) is 22.9. The van der Waals surface area contributed by atoms with Crippen molar-refractivity contribution in [2.75, 3.05) is 13.1 Å². The highest BCUT2D eigenvalue weighted by Gasteiger charge is 2.22. The van der Waals surface area contributed by atoms with Gasteiger partial charge in [-0.25, -0.2) is 0 Å². The van der Waals surface area contributed by atoms with E-state index in [4.69, 9.17) is 16.6 Å². The largest absolute Gasteiger partial charge is 0.409 e. The van der Waals surface area contributed by atoms with Crippen molar-refractivity contribution < 1.29 is 14.4 Å². The van der Waals surface area contributed by atoms with Crippen LogP contribution in [0.25, 0.3) is 11.5 Å². The molecule has 5 nitrogen and oxygen atoms in total. The van der Waals surface area contributed by atoms with Gasteiger partial charge in [-0.3, -0.25) is 0 Å². The summed E-state index contributed by atoms with van der Waals surface area (Å²) in [5, 5.41) is 14.2. The first kappa shape index (κ1) is 13.5. The Kier molecular flexibility index (Phi) is 3.95. The lowest BCUT2D eigenvalue weighted by molar-refractivity contribution is -0.931. The van der Waals surface area contributed by atoms with Gasteiger partial charge in [0.25, 0.3) is 4.84 Å². The van der Waals surface area contributed by atoms with Gasteiger partial charge >= 0.3 is 0 Å². The molecule has 0 bridgehead atoms. The molecule has 20 heavy (non-hydrogen) atoms. The van der Waals surface area contributed by atoms with Gasteiger partial charge in [0.05, 0.1) is 6.54 Å². The summed E-state index contributed by atoms with van der Waals surface area (Å²) in [5.74, 6) is 0.549. The standard InChI is InChI=1S/C14H17N3O2S/c18-12-7-4-8-16(9-12)10-17-14(20)19-13(15-17)11-5-2-1-3-6-11/h1-3,5-6,12,18H,4,7-10H2/p+1/t12-/m0/s1. The number of aromatic nitrogens is 2. The van der Waals surface area contributed by atoms with Gasteiger partial charge in [0.15, 0.2) is 6.67 Å². The molecule has 0 amide bonds. The molecule has 6 heteroatoms. The Hall–Kier alpha value is -1.50. The Balaban J connectivity index is 1.78. The van der Waals surface area contributed by atoms with Crippen LogP contribution in [0.5, 0.6) is 0 Å². The highest BCUT2D eigenvalue weighted by atomic mass is 32.1. The molecule has 2 N–H and O–H groups in total. The first-order chi connectivity index (χ1) is 9.72. The summed E-state index contributed by atoms with van der Waals surface area (Å²) in [6.45, 7) is 2.42. The van der Waals surface area contributed by atoms with E-state index in [2.05, 4.69) is 5.10 Å². The summed E-state index contributed by atoms with van der Waals surface area (Å²) >= 11 is 5.23. The van der Waals surface area contributed by atoms with E-state index < -0.39 is 0 Å². The summed E-state index contributed by atoms with van der Waals surface area (Å²) < 4.78 is 7.27. The van der Waals surface area contributed by atoms with Crippen molar-refractivity contribution in [2.45, 2.75) is 25.6 Å². The quantitative estimate of drug-likeness (QED) is 0.824. The molecule has 1 aliphatic rings. The van der Waals surface area contributed by atoms with Crippen LogP contribution in [-0.4, -0.2) is 34.1 Å². The first-order valence-corrected chi connectivity index (χ1v) is 7.28. The maximum atomic E-state index is 9.71. The maximum Gasteiger partial charge on any atom is 0.292 e. The lowest BCUT2D eigenvalue weighted by Crippen LogP contribution is -3.13. The molecule has 106 valence electrons. The van der Waals surface area contributed by atoms with Crippen molar-refractivity contribution in [3.05, 3.63) is 35.2 Å². The van der Waals surface area contributed by atoms with Gasteiger partial charge in [-0.2, -0.15) is 4.68 Å². The molecule has 0 radical (unpaired) electrons. The van der Waals surface area contributed by atoms with Crippen LogP contribution in [0.15, 0.2) is 34.7 Å². The second kappa shape index (κ2) is 5.87. The Morgan fingerprint density at radius 3 is 2.95 bits per heavy atom. The van der Waals surface area contributed by atoms with Crippen LogP contribution in [0, 0.1) is 4.84 Å². The lowest BCUT2D eigenvalue weighted by atomic mass is 10.1. The molecule has 2 heterocycles. The topological polar surface area (TPSA) is 55.6 Å². The number of hydrogen-bond acceptors (Lipinski definition) is 4. The fraction of sp³-hybridized carbons (Fsp3) is 0.429. The monoisotopic (exact) mass is 292 g/mol. The van der Waals surface area contributed by atoms with Crippen LogP contribution < -0.4 is 4.90 Å². The highest BCUT2D eigenvalue weighted by molar-refractivity contribution is 7.71. The summed E-state index contributed by atoms with van der Waals surface area (Å²) in [6, 6.07) is 9.73. The van der Waals surface area contributed by atoms with Gasteiger partial charge in [-0.05, 0) is 37.2 Å². The Morgan fingerprint density at radius 2 is 2.20 bits per heavy atom. The van der Waals surface area contributed by atoms with Crippen molar-refractivity contribution in [1.82, 2.24) is 9.78 Å². The molecule has 3 rings (SSSR count). The molecule has 1 unspecified atom stereocenters. The summed E-state index contributed by atoms with van der Waals surface area (Å²) in [5.41, 5.74) is 0.922. The Morgan fingerprint density at radius 1 is 1.40 bits per heavy atom. The van der Waals surface area contributed by atoms with Crippen LogP contribution >= 0.6 is 12.2 Å². The lowest BCUT2D eigenvalue weighted by Gasteiger charge is -2.26. The molecule has 1 aliphatic heterocycles. The molecule has 1 aromatic heterocycles.